The fourth-order valence-electron chi connectivity index (χ4n) is 6.96. The zero-order valence-electron chi connectivity index (χ0n) is 24.6. The Balaban J connectivity index is 1.42. The summed E-state index contributed by atoms with van der Waals surface area (Å²) < 4.78 is 2.40. The predicted octanol–water partition coefficient (Wildman–Crippen LogP) is 9.49. The molecule has 0 amide bonds. The number of para-hydroxylation sites is 1. The van der Waals surface area contributed by atoms with Crippen molar-refractivity contribution in [3.63, 3.8) is 0 Å². The molecule has 1 aliphatic carbocycles. The Morgan fingerprint density at radius 1 is 0.705 bits per heavy atom. The van der Waals surface area contributed by atoms with E-state index in [0.717, 1.165) is 46.7 Å². The topological polar surface area (TPSA) is 46.5 Å². The first kappa shape index (κ1) is 26.2. The van der Waals surface area contributed by atoms with Crippen LogP contribution in [0, 0.1) is 6.92 Å². The lowest BCUT2D eigenvalue weighted by Crippen LogP contribution is -2.33. The van der Waals surface area contributed by atoms with E-state index in [9.17, 15) is 0 Å². The fourth-order valence-corrected chi connectivity index (χ4v) is 6.96. The Morgan fingerprint density at radius 3 is 2.32 bits per heavy atom. The van der Waals surface area contributed by atoms with E-state index in [2.05, 4.69) is 148 Å². The zero-order chi connectivity index (χ0) is 29.5. The molecule has 0 radical (unpaired) electrons. The van der Waals surface area contributed by atoms with Gasteiger partial charge in [0, 0.05) is 33.9 Å². The molecule has 1 atom stereocenters. The quantitative estimate of drug-likeness (QED) is 0.217. The maximum absolute atomic E-state index is 5.03. The van der Waals surface area contributed by atoms with E-state index < -0.39 is 5.41 Å². The Kier molecular flexibility index (Phi) is 6.34. The van der Waals surface area contributed by atoms with Crippen LogP contribution < -0.4 is 0 Å². The van der Waals surface area contributed by atoms with E-state index in [1.807, 2.05) is 19.2 Å². The Labute approximate surface area is 257 Å². The number of hydrogen-bond donors (Lipinski definition) is 1. The highest BCUT2D eigenvalue weighted by molar-refractivity contribution is 6.10. The monoisotopic (exact) mass is 568 g/mol. The van der Waals surface area contributed by atoms with Gasteiger partial charge in [0.05, 0.1) is 27.8 Å². The van der Waals surface area contributed by atoms with Crippen LogP contribution >= 0.6 is 0 Å². The van der Waals surface area contributed by atoms with E-state index in [-0.39, 0.29) is 0 Å². The molecular formula is C40H32N4. The maximum Gasteiger partial charge on any atom is 0.0924 e. The second-order valence-electron chi connectivity index (χ2n) is 11.5. The highest BCUT2D eigenvalue weighted by Gasteiger charge is 2.41. The minimum atomic E-state index is -0.577. The number of H-pyrrole nitrogens is 1. The number of aromatic nitrogens is 4. The molecule has 0 aliphatic heterocycles. The summed E-state index contributed by atoms with van der Waals surface area (Å²) in [5, 5.41) is 10.1. The Morgan fingerprint density at radius 2 is 1.52 bits per heavy atom. The minimum Gasteiger partial charge on any atom is -0.309 e. The van der Waals surface area contributed by atoms with Crippen molar-refractivity contribution in [3.05, 3.63) is 174 Å². The summed E-state index contributed by atoms with van der Waals surface area (Å²) in [6.45, 7) is 2.04. The van der Waals surface area contributed by atoms with Crippen LogP contribution in [0.3, 0.4) is 0 Å². The molecule has 4 aromatic carbocycles. The van der Waals surface area contributed by atoms with Crippen LogP contribution in [0.25, 0.3) is 38.8 Å². The molecule has 4 nitrogen and oxygen atoms in total. The first-order chi connectivity index (χ1) is 21.7. The Bertz CT molecular complexity index is 2140. The van der Waals surface area contributed by atoms with Crippen molar-refractivity contribution in [2.24, 2.45) is 0 Å². The van der Waals surface area contributed by atoms with Gasteiger partial charge < -0.3 is 4.57 Å². The molecule has 1 N–H and O–H groups in total. The van der Waals surface area contributed by atoms with Crippen LogP contribution in [0.1, 0.15) is 35.4 Å². The fraction of sp³-hybridized carbons (Fsp3) is 0.100. The number of hydrogen-bond acceptors (Lipinski definition) is 2. The van der Waals surface area contributed by atoms with Crippen molar-refractivity contribution in [2.45, 2.75) is 25.2 Å². The maximum atomic E-state index is 5.03. The number of benzene rings is 4. The molecular weight excluding hydrogens is 536 g/mol. The predicted molar refractivity (Wildman–Crippen MR) is 180 cm³/mol. The molecule has 8 rings (SSSR count). The van der Waals surface area contributed by atoms with Gasteiger partial charge in [-0.15, -0.1) is 0 Å². The summed E-state index contributed by atoms with van der Waals surface area (Å²) in [7, 11) is 0. The Hall–Kier alpha value is -5.48. The zero-order valence-corrected chi connectivity index (χ0v) is 24.6. The van der Waals surface area contributed by atoms with E-state index >= 15 is 0 Å². The van der Waals surface area contributed by atoms with Gasteiger partial charge in [-0.25, -0.2) is 0 Å². The number of pyridine rings is 1. The van der Waals surface area contributed by atoms with Crippen LogP contribution in [0.5, 0.6) is 0 Å². The summed E-state index contributed by atoms with van der Waals surface area (Å²) in [4.78, 5) is 5.03. The molecule has 0 unspecified atom stereocenters. The van der Waals surface area contributed by atoms with Crippen molar-refractivity contribution in [2.75, 3.05) is 0 Å². The average molecular weight is 569 g/mol. The highest BCUT2D eigenvalue weighted by Crippen LogP contribution is 2.47. The number of fused-ring (bicyclic) bond motifs is 3. The number of allylic oxidation sites excluding steroid dienone is 4. The normalized spacial score (nSPS) is 14.5. The third kappa shape index (κ3) is 4.14. The van der Waals surface area contributed by atoms with E-state index in [0.29, 0.717) is 0 Å². The second kappa shape index (κ2) is 10.7. The lowest BCUT2D eigenvalue weighted by Gasteiger charge is -2.37. The molecule has 44 heavy (non-hydrogen) atoms. The molecule has 3 aromatic heterocycles. The summed E-state index contributed by atoms with van der Waals surface area (Å²) in [5.41, 5.74) is 10.6. The van der Waals surface area contributed by atoms with Gasteiger partial charge in [-0.05, 0) is 78.9 Å². The third-order valence-electron chi connectivity index (χ3n) is 8.90. The van der Waals surface area contributed by atoms with Crippen LogP contribution in [0.4, 0.5) is 0 Å². The van der Waals surface area contributed by atoms with Crippen molar-refractivity contribution >= 4 is 21.8 Å². The molecule has 0 bridgehead atoms. The number of aromatic amines is 1. The van der Waals surface area contributed by atoms with E-state index in [4.69, 9.17) is 4.98 Å². The summed E-state index contributed by atoms with van der Waals surface area (Å²) in [6.07, 6.45) is 11.0. The number of rotatable bonds is 6. The van der Waals surface area contributed by atoms with Crippen LogP contribution in [0.15, 0.2) is 151 Å². The van der Waals surface area contributed by atoms with Gasteiger partial charge in [0.1, 0.15) is 0 Å². The average Bonchev–Trinajstić information content (AvgIpc) is 3.67. The molecule has 4 heteroatoms. The van der Waals surface area contributed by atoms with E-state index in [1.165, 1.54) is 33.0 Å². The molecule has 0 spiro atoms. The standard InChI is InChI=1S/C40H32N4/c1-28-25-36(43-42-28)29-22-23-35-34-19-8-9-20-37(34)44(38(35)26-29)33-18-12-17-32(27-33)40(30-13-4-2-5-14-30,31-15-6-3-7-16-31)39-21-10-11-24-41-39/h2,4-6,8-27H,3,7H2,1H3,(H,42,43)/t40-/m0/s1. The summed E-state index contributed by atoms with van der Waals surface area (Å²) in [6, 6.07) is 43.6. The lowest BCUT2D eigenvalue weighted by molar-refractivity contribution is 0.701. The van der Waals surface area contributed by atoms with Crippen molar-refractivity contribution in [1.82, 2.24) is 19.7 Å². The van der Waals surface area contributed by atoms with Crippen molar-refractivity contribution in [3.8, 4) is 16.9 Å². The number of nitrogens with one attached hydrogen (secondary N) is 1. The molecule has 0 saturated carbocycles. The van der Waals surface area contributed by atoms with Gasteiger partial charge >= 0.3 is 0 Å². The smallest absolute Gasteiger partial charge is 0.0924 e. The lowest BCUT2D eigenvalue weighted by atomic mass is 9.65. The van der Waals surface area contributed by atoms with Gasteiger partial charge in [0.25, 0.3) is 0 Å². The van der Waals surface area contributed by atoms with Crippen molar-refractivity contribution < 1.29 is 0 Å². The molecule has 212 valence electrons. The van der Waals surface area contributed by atoms with Gasteiger partial charge in [-0.2, -0.15) is 5.10 Å². The van der Waals surface area contributed by atoms with Gasteiger partial charge in [-0.3, -0.25) is 10.1 Å². The molecule has 0 fully saturated rings. The third-order valence-corrected chi connectivity index (χ3v) is 8.90. The number of nitrogens with zero attached hydrogens (tertiary/aromatic N) is 3. The van der Waals surface area contributed by atoms with Gasteiger partial charge in [0.15, 0.2) is 0 Å². The highest BCUT2D eigenvalue weighted by atomic mass is 15.1. The minimum absolute atomic E-state index is 0.577. The van der Waals surface area contributed by atoms with Crippen LogP contribution in [-0.4, -0.2) is 19.7 Å². The molecule has 7 aromatic rings. The summed E-state index contributed by atoms with van der Waals surface area (Å²) >= 11 is 0. The molecule has 0 saturated heterocycles. The van der Waals surface area contributed by atoms with Crippen LogP contribution in [-0.2, 0) is 5.41 Å². The van der Waals surface area contributed by atoms with Crippen molar-refractivity contribution in [1.29, 1.82) is 0 Å². The molecule has 1 aliphatic rings. The summed E-state index contributed by atoms with van der Waals surface area (Å²) in [5.74, 6) is 0. The SMILES string of the molecule is Cc1cc(-c2ccc3c4ccccc4n(-c4cccc([C@@](C5=CCCC=C5)(c5ccccc5)c5ccccn5)c4)c3c2)n[nH]1. The van der Waals surface area contributed by atoms with Crippen LogP contribution in [0.2, 0.25) is 0 Å². The number of aryl methyl sites for hydroxylation is 1. The largest absolute Gasteiger partial charge is 0.309 e. The van der Waals surface area contributed by atoms with Gasteiger partial charge in [-0.1, -0.05) is 97.1 Å². The van der Waals surface area contributed by atoms with Gasteiger partial charge in [0.2, 0.25) is 0 Å². The molecule has 3 heterocycles. The van der Waals surface area contributed by atoms with E-state index in [1.54, 1.807) is 0 Å². The first-order valence-corrected chi connectivity index (χ1v) is 15.2. The second-order valence-corrected chi connectivity index (χ2v) is 11.5. The first-order valence-electron chi connectivity index (χ1n) is 15.2.